The predicted octanol–water partition coefficient (Wildman–Crippen LogP) is 2.60. The Hall–Kier alpha value is -2.08. The van der Waals surface area contributed by atoms with Gasteiger partial charge in [0.2, 0.25) is 0 Å². The first-order chi connectivity index (χ1) is 8.24. The number of phenolic OH excluding ortho intramolecular Hbond substituents is 1. The Morgan fingerprint density at radius 2 is 2.00 bits per heavy atom. The van der Waals surface area contributed by atoms with Crippen molar-refractivity contribution < 1.29 is 9.50 Å². The van der Waals surface area contributed by atoms with Crippen molar-refractivity contribution in [2.45, 2.75) is 0 Å². The van der Waals surface area contributed by atoms with Crippen LogP contribution in [0.25, 0.3) is 21.0 Å². The smallest absolute Gasteiger partial charge is 0.190 e. The summed E-state index contributed by atoms with van der Waals surface area (Å²) >= 11 is 1.26. The number of thiazole rings is 1. The summed E-state index contributed by atoms with van der Waals surface area (Å²) in [5, 5.41) is 10.2. The van der Waals surface area contributed by atoms with Gasteiger partial charge in [-0.05, 0) is 18.2 Å². The molecule has 0 amide bonds. The molecule has 2 heterocycles. The molecule has 0 saturated carbocycles. The third kappa shape index (κ3) is 1.72. The summed E-state index contributed by atoms with van der Waals surface area (Å²) in [5.74, 6) is -0.427. The minimum absolute atomic E-state index is 0.00884. The molecular formula is C11H6FN3OS. The molecule has 0 radical (unpaired) electrons. The number of nitrogens with zero attached hydrogens (tertiary/aromatic N) is 3. The molecule has 0 saturated heterocycles. The number of phenols is 1. The Labute approximate surface area is 99.4 Å². The fraction of sp³-hybridized carbons (Fsp3) is 0. The van der Waals surface area contributed by atoms with E-state index >= 15 is 0 Å². The second-order valence-electron chi connectivity index (χ2n) is 3.37. The molecule has 3 rings (SSSR count). The Morgan fingerprint density at radius 1 is 1.18 bits per heavy atom. The van der Waals surface area contributed by atoms with Crippen LogP contribution in [-0.4, -0.2) is 20.1 Å². The Kier molecular flexibility index (Phi) is 2.22. The summed E-state index contributed by atoms with van der Waals surface area (Å²) in [5.41, 5.74) is 0.853. The molecule has 1 N–H and O–H groups in total. The largest absolute Gasteiger partial charge is 0.507 e. The van der Waals surface area contributed by atoms with E-state index in [0.29, 0.717) is 21.0 Å². The highest BCUT2D eigenvalue weighted by molar-refractivity contribution is 7.21. The van der Waals surface area contributed by atoms with Gasteiger partial charge in [-0.1, -0.05) is 11.3 Å². The highest BCUT2D eigenvalue weighted by atomic mass is 32.1. The van der Waals surface area contributed by atoms with Crippen molar-refractivity contribution >= 4 is 21.8 Å². The van der Waals surface area contributed by atoms with Crippen molar-refractivity contribution in [2.24, 2.45) is 0 Å². The molecule has 0 atom stereocenters. The quantitative estimate of drug-likeness (QED) is 0.718. The normalized spacial score (nSPS) is 10.9. The van der Waals surface area contributed by atoms with E-state index in [-0.39, 0.29) is 5.75 Å². The van der Waals surface area contributed by atoms with Crippen LogP contribution >= 0.6 is 11.3 Å². The topological polar surface area (TPSA) is 58.9 Å². The van der Waals surface area contributed by atoms with Crippen molar-refractivity contribution in [3.05, 3.63) is 36.4 Å². The third-order valence-corrected chi connectivity index (χ3v) is 3.22. The van der Waals surface area contributed by atoms with E-state index < -0.39 is 5.82 Å². The number of aromatic hydroxyl groups is 1. The summed E-state index contributed by atoms with van der Waals surface area (Å²) in [4.78, 5) is 13.0. The first-order valence-corrected chi connectivity index (χ1v) is 5.62. The van der Waals surface area contributed by atoms with Gasteiger partial charge in [0.15, 0.2) is 10.5 Å². The lowest BCUT2D eigenvalue weighted by atomic mass is 10.2. The maximum atomic E-state index is 13.1. The minimum Gasteiger partial charge on any atom is -0.507 e. The van der Waals surface area contributed by atoms with E-state index in [0.717, 1.165) is 0 Å². The number of fused-ring (bicyclic) bond motifs is 1. The highest BCUT2D eigenvalue weighted by Gasteiger charge is 2.12. The molecule has 3 aromatic rings. The number of hydrogen-bond acceptors (Lipinski definition) is 5. The lowest BCUT2D eigenvalue weighted by Crippen LogP contribution is -1.81. The average molecular weight is 247 g/mol. The van der Waals surface area contributed by atoms with Crippen LogP contribution in [0.5, 0.6) is 5.75 Å². The first kappa shape index (κ1) is 10.1. The molecule has 1 aromatic carbocycles. The van der Waals surface area contributed by atoms with Gasteiger partial charge in [0.1, 0.15) is 16.6 Å². The van der Waals surface area contributed by atoms with Crippen molar-refractivity contribution in [3.8, 4) is 16.3 Å². The van der Waals surface area contributed by atoms with Crippen LogP contribution in [0.15, 0.2) is 30.6 Å². The van der Waals surface area contributed by atoms with Gasteiger partial charge in [-0.3, -0.25) is 0 Å². The molecule has 0 aliphatic carbocycles. The summed E-state index contributed by atoms with van der Waals surface area (Å²) in [6.07, 6.45) is 3.10. The summed E-state index contributed by atoms with van der Waals surface area (Å²) in [6.45, 7) is 0. The Morgan fingerprint density at radius 3 is 2.82 bits per heavy atom. The number of hydrogen-bond donors (Lipinski definition) is 1. The molecule has 0 fully saturated rings. The van der Waals surface area contributed by atoms with Crippen molar-refractivity contribution in [3.63, 3.8) is 0 Å². The van der Waals surface area contributed by atoms with Gasteiger partial charge in [-0.15, -0.1) is 0 Å². The van der Waals surface area contributed by atoms with E-state index in [9.17, 15) is 9.50 Å². The Bertz CT molecular complexity index is 665. The van der Waals surface area contributed by atoms with Crippen molar-refractivity contribution in [2.75, 3.05) is 0 Å². The van der Waals surface area contributed by atoms with E-state index in [1.165, 1.54) is 35.7 Å². The zero-order valence-corrected chi connectivity index (χ0v) is 9.28. The summed E-state index contributed by atoms with van der Waals surface area (Å²) in [7, 11) is 0. The van der Waals surface area contributed by atoms with Gasteiger partial charge < -0.3 is 5.11 Å². The highest BCUT2D eigenvalue weighted by Crippen LogP contribution is 2.34. The number of aromatic nitrogens is 3. The molecule has 17 heavy (non-hydrogen) atoms. The monoisotopic (exact) mass is 247 g/mol. The molecule has 0 bridgehead atoms. The van der Waals surface area contributed by atoms with E-state index in [2.05, 4.69) is 15.0 Å². The van der Waals surface area contributed by atoms with Crippen LogP contribution in [0.1, 0.15) is 0 Å². The van der Waals surface area contributed by atoms with Crippen LogP contribution in [0.3, 0.4) is 0 Å². The standard InChI is InChI=1S/C11H6FN3OS/c12-6-1-2-8(16)7(5-6)10-15-9-11(17-10)14-4-3-13-9/h1-5,16H. The van der Waals surface area contributed by atoms with Crippen LogP contribution in [0, 0.1) is 5.82 Å². The van der Waals surface area contributed by atoms with E-state index in [1.54, 1.807) is 6.20 Å². The second-order valence-corrected chi connectivity index (χ2v) is 4.34. The minimum atomic E-state index is -0.419. The SMILES string of the molecule is Oc1ccc(F)cc1-c1nc2nccnc2s1. The van der Waals surface area contributed by atoms with Gasteiger partial charge in [0.25, 0.3) is 0 Å². The summed E-state index contributed by atoms with van der Waals surface area (Å²) in [6, 6.07) is 3.74. The van der Waals surface area contributed by atoms with Gasteiger partial charge in [-0.2, -0.15) is 0 Å². The molecule has 2 aromatic heterocycles. The summed E-state index contributed by atoms with van der Waals surface area (Å²) < 4.78 is 13.1. The number of benzene rings is 1. The molecule has 0 aliphatic rings. The second kappa shape index (κ2) is 3.74. The molecule has 6 heteroatoms. The maximum absolute atomic E-state index is 13.1. The van der Waals surface area contributed by atoms with E-state index in [1.807, 2.05) is 0 Å². The zero-order chi connectivity index (χ0) is 11.8. The van der Waals surface area contributed by atoms with E-state index in [4.69, 9.17) is 0 Å². The van der Waals surface area contributed by atoms with Crippen LogP contribution in [0.4, 0.5) is 4.39 Å². The number of rotatable bonds is 1. The third-order valence-electron chi connectivity index (χ3n) is 2.24. The molecular weight excluding hydrogens is 241 g/mol. The molecule has 0 spiro atoms. The van der Waals surface area contributed by atoms with Gasteiger partial charge in [0.05, 0.1) is 5.56 Å². The predicted molar refractivity (Wildman–Crippen MR) is 62.3 cm³/mol. The Balaban J connectivity index is 2.23. The zero-order valence-electron chi connectivity index (χ0n) is 8.46. The molecule has 0 unspecified atom stereocenters. The number of halogens is 1. The fourth-order valence-electron chi connectivity index (χ4n) is 1.47. The van der Waals surface area contributed by atoms with Crippen LogP contribution < -0.4 is 0 Å². The van der Waals surface area contributed by atoms with Crippen molar-refractivity contribution in [1.82, 2.24) is 15.0 Å². The maximum Gasteiger partial charge on any atom is 0.190 e. The fourth-order valence-corrected chi connectivity index (χ4v) is 2.36. The molecule has 4 nitrogen and oxygen atoms in total. The first-order valence-electron chi connectivity index (χ1n) is 4.80. The van der Waals surface area contributed by atoms with Gasteiger partial charge in [0, 0.05) is 12.4 Å². The van der Waals surface area contributed by atoms with Crippen molar-refractivity contribution in [1.29, 1.82) is 0 Å². The lowest BCUT2D eigenvalue weighted by molar-refractivity contribution is 0.475. The average Bonchev–Trinajstić information content (AvgIpc) is 2.75. The van der Waals surface area contributed by atoms with Crippen LogP contribution in [-0.2, 0) is 0 Å². The molecule has 0 aliphatic heterocycles. The van der Waals surface area contributed by atoms with Crippen LogP contribution in [0.2, 0.25) is 0 Å². The van der Waals surface area contributed by atoms with Gasteiger partial charge >= 0.3 is 0 Å². The lowest BCUT2D eigenvalue weighted by Gasteiger charge is -1.99. The molecule has 84 valence electrons. The van der Waals surface area contributed by atoms with Gasteiger partial charge in [-0.25, -0.2) is 19.3 Å².